The van der Waals surface area contributed by atoms with Crippen molar-refractivity contribution in [2.24, 2.45) is 0 Å². The van der Waals surface area contributed by atoms with E-state index in [0.717, 1.165) is 11.1 Å². The number of carbonyl (C=O) groups is 1. The summed E-state index contributed by atoms with van der Waals surface area (Å²) in [5.74, 6) is 0.747. The predicted molar refractivity (Wildman–Crippen MR) is 81.1 cm³/mol. The van der Waals surface area contributed by atoms with E-state index in [9.17, 15) is 9.35 Å². The summed E-state index contributed by atoms with van der Waals surface area (Å²) in [5.41, 5.74) is 1.94. The van der Waals surface area contributed by atoms with Crippen molar-refractivity contribution < 1.29 is 19.2 Å². The van der Waals surface area contributed by atoms with Crippen LogP contribution in [-0.2, 0) is 22.3 Å². The fourth-order valence-corrected chi connectivity index (χ4v) is 2.55. The molecule has 0 heterocycles. The van der Waals surface area contributed by atoms with E-state index in [1.807, 2.05) is 26.8 Å². The molecule has 5 nitrogen and oxygen atoms in total. The zero-order valence-electron chi connectivity index (χ0n) is 12.4. The van der Waals surface area contributed by atoms with Gasteiger partial charge in [0.2, 0.25) is 0 Å². The number of anilines is 1. The molecule has 0 aliphatic rings. The van der Waals surface area contributed by atoms with Crippen molar-refractivity contribution in [3.05, 3.63) is 23.3 Å². The summed E-state index contributed by atoms with van der Waals surface area (Å²) in [5, 5.41) is 11.3. The molecule has 20 heavy (non-hydrogen) atoms. The molecule has 0 saturated heterocycles. The summed E-state index contributed by atoms with van der Waals surface area (Å²) in [6.45, 7) is 6.10. The molecule has 6 heteroatoms. The van der Waals surface area contributed by atoms with Crippen LogP contribution in [0.1, 0.15) is 31.9 Å². The minimum atomic E-state index is -1.15. The van der Waals surface area contributed by atoms with Crippen LogP contribution < -0.4 is 10.1 Å². The van der Waals surface area contributed by atoms with Gasteiger partial charge in [-0.3, -0.25) is 5.32 Å². The van der Waals surface area contributed by atoms with E-state index in [-0.39, 0.29) is 5.41 Å². The first kappa shape index (κ1) is 16.7. The molecule has 0 aliphatic heterocycles. The van der Waals surface area contributed by atoms with Crippen LogP contribution in [0.15, 0.2) is 12.1 Å². The highest BCUT2D eigenvalue weighted by Gasteiger charge is 2.21. The lowest BCUT2D eigenvalue weighted by atomic mass is 9.85. The molecule has 0 bridgehead atoms. The topological polar surface area (TPSA) is 81.6 Å². The molecule has 1 rings (SSSR count). The van der Waals surface area contributed by atoms with Gasteiger partial charge in [0, 0.05) is 5.56 Å². The summed E-state index contributed by atoms with van der Waals surface area (Å²) in [6, 6.07) is 3.68. The van der Waals surface area contributed by atoms with Gasteiger partial charge in [-0.2, -0.15) is 0 Å². The molecule has 0 radical (unpaired) electrons. The lowest BCUT2D eigenvalue weighted by molar-refractivity contribution is 0.209. The molecule has 0 fully saturated rings. The van der Waals surface area contributed by atoms with Gasteiger partial charge in [-0.1, -0.05) is 31.9 Å². The van der Waals surface area contributed by atoms with Crippen molar-refractivity contribution in [3.8, 4) is 5.75 Å². The van der Waals surface area contributed by atoms with Crippen LogP contribution in [0.3, 0.4) is 0 Å². The molecule has 0 spiro atoms. The van der Waals surface area contributed by atoms with Crippen molar-refractivity contribution in [2.45, 2.75) is 31.9 Å². The van der Waals surface area contributed by atoms with Gasteiger partial charge in [-0.15, -0.1) is 0 Å². The fourth-order valence-electron chi connectivity index (χ4n) is 1.90. The first-order chi connectivity index (χ1) is 9.15. The summed E-state index contributed by atoms with van der Waals surface area (Å²) in [7, 11) is 1.47. The summed E-state index contributed by atoms with van der Waals surface area (Å²) in [4.78, 5) is 10.9. The third-order valence-corrected chi connectivity index (χ3v) is 3.55. The normalized spacial score (nSPS) is 12.9. The predicted octanol–water partition coefficient (Wildman–Crippen LogP) is 2.96. The molecule has 2 N–H and O–H groups in total. The van der Waals surface area contributed by atoms with E-state index >= 15 is 0 Å². The van der Waals surface area contributed by atoms with E-state index in [1.54, 1.807) is 12.3 Å². The highest BCUT2D eigenvalue weighted by molar-refractivity contribution is 7.89. The smallest absolute Gasteiger partial charge is 0.409 e. The van der Waals surface area contributed by atoms with Gasteiger partial charge in [-0.05, 0) is 23.1 Å². The Balaban J connectivity index is 3.42. The highest BCUT2D eigenvalue weighted by atomic mass is 32.2. The van der Waals surface area contributed by atoms with E-state index in [1.165, 1.54) is 7.11 Å². The highest BCUT2D eigenvalue weighted by Crippen LogP contribution is 2.36. The second-order valence-corrected chi connectivity index (χ2v) is 7.05. The largest absolute Gasteiger partial charge is 0.616 e. The standard InChI is InChI=1S/C14H21NO4S/c1-14(2,3)10-6-9(8-20(5)18)12(19-4)11(7-10)15-13(16)17/h6-7,15H,8H2,1-5H3,(H,16,17). The van der Waals surface area contributed by atoms with Crippen LogP contribution in [0.25, 0.3) is 0 Å². The quantitative estimate of drug-likeness (QED) is 0.837. The Labute approximate surface area is 122 Å². The van der Waals surface area contributed by atoms with Gasteiger partial charge < -0.3 is 14.4 Å². The van der Waals surface area contributed by atoms with Gasteiger partial charge in [0.1, 0.15) is 11.5 Å². The number of hydrogen-bond acceptors (Lipinski definition) is 3. The molecule has 1 amide bonds. The summed E-state index contributed by atoms with van der Waals surface area (Å²) in [6.07, 6.45) is 0.450. The molecule has 1 unspecified atom stereocenters. The van der Waals surface area contributed by atoms with Crippen molar-refractivity contribution in [1.82, 2.24) is 0 Å². The zero-order valence-corrected chi connectivity index (χ0v) is 13.3. The molecule has 1 atom stereocenters. The third-order valence-electron chi connectivity index (χ3n) is 2.84. The van der Waals surface area contributed by atoms with Crippen LogP contribution in [0, 0.1) is 0 Å². The third kappa shape index (κ3) is 4.31. The molecule has 112 valence electrons. The van der Waals surface area contributed by atoms with Crippen molar-refractivity contribution in [3.63, 3.8) is 0 Å². The number of benzene rings is 1. The van der Waals surface area contributed by atoms with Crippen molar-refractivity contribution >= 4 is 23.0 Å². The molecule has 1 aromatic rings. The van der Waals surface area contributed by atoms with Crippen molar-refractivity contribution in [2.75, 3.05) is 18.7 Å². The molecular weight excluding hydrogens is 278 g/mol. The maximum absolute atomic E-state index is 11.5. The van der Waals surface area contributed by atoms with Crippen LogP contribution in [0.4, 0.5) is 10.5 Å². The van der Waals surface area contributed by atoms with Gasteiger partial charge in [0.15, 0.2) is 0 Å². The molecule has 0 aromatic heterocycles. The van der Waals surface area contributed by atoms with Gasteiger partial charge in [0.05, 0.1) is 19.1 Å². The number of amides is 1. The number of methoxy groups -OCH3 is 1. The first-order valence-electron chi connectivity index (χ1n) is 6.16. The average molecular weight is 299 g/mol. The minimum absolute atomic E-state index is 0.148. The Kier molecular flexibility index (Phi) is 5.30. The van der Waals surface area contributed by atoms with Gasteiger partial charge in [-0.25, -0.2) is 4.79 Å². The van der Waals surface area contributed by atoms with E-state index in [0.29, 0.717) is 17.2 Å². The van der Waals surface area contributed by atoms with Crippen LogP contribution in [0.5, 0.6) is 5.75 Å². The Hall–Kier alpha value is -1.40. The zero-order chi connectivity index (χ0) is 15.5. The summed E-state index contributed by atoms with van der Waals surface area (Å²) < 4.78 is 16.8. The minimum Gasteiger partial charge on any atom is -0.616 e. The van der Waals surface area contributed by atoms with Crippen molar-refractivity contribution in [1.29, 1.82) is 0 Å². The average Bonchev–Trinajstić information content (AvgIpc) is 2.25. The molecule has 0 aliphatic carbocycles. The Bertz CT molecular complexity index is 495. The van der Waals surface area contributed by atoms with Crippen LogP contribution in [0.2, 0.25) is 0 Å². The maximum atomic E-state index is 11.5. The molecule has 1 aromatic carbocycles. The van der Waals surface area contributed by atoms with E-state index < -0.39 is 17.3 Å². The van der Waals surface area contributed by atoms with Crippen LogP contribution >= 0.6 is 0 Å². The van der Waals surface area contributed by atoms with Crippen LogP contribution in [-0.4, -0.2) is 29.1 Å². The SMILES string of the molecule is COc1c(C[S+](C)[O-])cc(C(C)(C)C)cc1NC(=O)O. The van der Waals surface area contributed by atoms with Gasteiger partial charge in [0.25, 0.3) is 0 Å². The second kappa shape index (κ2) is 6.37. The Morgan fingerprint density at radius 3 is 2.45 bits per heavy atom. The number of rotatable bonds is 4. The lowest BCUT2D eigenvalue weighted by Gasteiger charge is -2.23. The van der Waals surface area contributed by atoms with E-state index in [2.05, 4.69) is 5.32 Å². The maximum Gasteiger partial charge on any atom is 0.409 e. The monoisotopic (exact) mass is 299 g/mol. The Morgan fingerprint density at radius 2 is 2.05 bits per heavy atom. The number of carboxylic acid groups (broad SMARTS) is 1. The lowest BCUT2D eigenvalue weighted by Crippen LogP contribution is -2.16. The molecular formula is C14H21NO4S. The number of nitrogens with one attached hydrogen (secondary N) is 1. The van der Waals surface area contributed by atoms with Gasteiger partial charge >= 0.3 is 6.09 Å². The first-order valence-corrected chi connectivity index (χ1v) is 7.89. The second-order valence-electron chi connectivity index (χ2n) is 5.61. The number of hydrogen-bond donors (Lipinski definition) is 2. The fraction of sp³-hybridized carbons (Fsp3) is 0.500. The Morgan fingerprint density at radius 1 is 1.45 bits per heavy atom. The summed E-state index contributed by atoms with van der Waals surface area (Å²) >= 11 is -1.04. The van der Waals surface area contributed by atoms with E-state index in [4.69, 9.17) is 9.84 Å². The number of ether oxygens (including phenoxy) is 1. The molecule has 0 saturated carbocycles.